The highest BCUT2D eigenvalue weighted by molar-refractivity contribution is 5.76. The molecule has 1 aromatic carbocycles. The van der Waals surface area contributed by atoms with Crippen LogP contribution in [0.2, 0.25) is 0 Å². The van der Waals surface area contributed by atoms with Gasteiger partial charge in [-0.25, -0.2) is 5.01 Å². The molecule has 6 heteroatoms. The van der Waals surface area contributed by atoms with Gasteiger partial charge in [0.05, 0.1) is 13.2 Å². The Balaban J connectivity index is 2.40. The van der Waals surface area contributed by atoms with E-state index in [0.29, 0.717) is 58.2 Å². The zero-order chi connectivity index (χ0) is 27.1. The first-order valence-corrected chi connectivity index (χ1v) is 13.9. The quantitative estimate of drug-likeness (QED) is 0.190. The molecule has 0 heterocycles. The van der Waals surface area contributed by atoms with Crippen LogP contribution in [0.3, 0.4) is 0 Å². The SMILES string of the molecule is CCN(CC(C)(C)COCCN(C)N(CC)C(=O)CCCCC(C)C)C(=O)CCc1ccc(C)cc1. The van der Waals surface area contributed by atoms with Crippen molar-refractivity contribution in [3.05, 3.63) is 35.4 Å². The van der Waals surface area contributed by atoms with Crippen molar-refractivity contribution in [2.45, 2.75) is 87.0 Å². The highest BCUT2D eigenvalue weighted by Crippen LogP contribution is 2.19. The predicted molar refractivity (Wildman–Crippen MR) is 150 cm³/mol. The van der Waals surface area contributed by atoms with Crippen molar-refractivity contribution in [3.63, 3.8) is 0 Å². The molecule has 0 unspecified atom stereocenters. The number of carbonyl (C=O) groups excluding carboxylic acids is 2. The largest absolute Gasteiger partial charge is 0.379 e. The lowest BCUT2D eigenvalue weighted by molar-refractivity contribution is -0.147. The number of rotatable bonds is 18. The first-order valence-electron chi connectivity index (χ1n) is 13.9. The third kappa shape index (κ3) is 12.9. The molecule has 0 fully saturated rings. The second-order valence-corrected chi connectivity index (χ2v) is 11.2. The summed E-state index contributed by atoms with van der Waals surface area (Å²) in [6, 6.07) is 8.40. The first kappa shape index (κ1) is 32.1. The van der Waals surface area contributed by atoms with Crippen molar-refractivity contribution in [3.8, 4) is 0 Å². The van der Waals surface area contributed by atoms with Gasteiger partial charge in [0.15, 0.2) is 0 Å². The van der Waals surface area contributed by atoms with Crippen LogP contribution in [0.25, 0.3) is 0 Å². The summed E-state index contributed by atoms with van der Waals surface area (Å²) in [6.45, 7) is 18.7. The molecule has 0 bridgehead atoms. The maximum absolute atomic E-state index is 12.9. The van der Waals surface area contributed by atoms with Gasteiger partial charge < -0.3 is 9.64 Å². The summed E-state index contributed by atoms with van der Waals surface area (Å²) in [5.41, 5.74) is 2.29. The molecule has 0 aliphatic carbocycles. The van der Waals surface area contributed by atoms with Gasteiger partial charge in [0.1, 0.15) is 0 Å². The van der Waals surface area contributed by atoms with E-state index in [9.17, 15) is 9.59 Å². The minimum Gasteiger partial charge on any atom is -0.379 e. The van der Waals surface area contributed by atoms with Crippen LogP contribution in [0.5, 0.6) is 0 Å². The van der Waals surface area contributed by atoms with Gasteiger partial charge in [0.25, 0.3) is 0 Å². The van der Waals surface area contributed by atoms with E-state index < -0.39 is 0 Å². The number of likely N-dealkylation sites (N-methyl/N-ethyl adjacent to an activating group) is 1. The maximum atomic E-state index is 12.9. The van der Waals surface area contributed by atoms with E-state index in [1.165, 1.54) is 17.5 Å². The standard InChI is InChI=1S/C30H53N3O3/c1-9-32(28(34)20-19-27-17-15-26(5)16-18-27)23-30(6,7)24-36-22-21-31(8)33(10-2)29(35)14-12-11-13-25(3)4/h15-18,25H,9-14,19-24H2,1-8H3. The van der Waals surface area contributed by atoms with Crippen LogP contribution in [-0.4, -0.2) is 73.2 Å². The van der Waals surface area contributed by atoms with Gasteiger partial charge in [-0.3, -0.25) is 14.6 Å². The Labute approximate surface area is 221 Å². The molecular weight excluding hydrogens is 450 g/mol. The fourth-order valence-corrected chi connectivity index (χ4v) is 4.33. The van der Waals surface area contributed by atoms with Crippen molar-refractivity contribution >= 4 is 11.8 Å². The fourth-order valence-electron chi connectivity index (χ4n) is 4.33. The van der Waals surface area contributed by atoms with Crippen molar-refractivity contribution in [1.29, 1.82) is 0 Å². The van der Waals surface area contributed by atoms with Crippen LogP contribution in [0.15, 0.2) is 24.3 Å². The second-order valence-electron chi connectivity index (χ2n) is 11.2. The van der Waals surface area contributed by atoms with Gasteiger partial charge in [-0.05, 0) is 45.1 Å². The molecule has 2 amide bonds. The maximum Gasteiger partial charge on any atom is 0.236 e. The molecule has 1 rings (SSSR count). The van der Waals surface area contributed by atoms with Gasteiger partial charge in [0, 0.05) is 51.5 Å². The molecule has 0 saturated carbocycles. The van der Waals surface area contributed by atoms with Crippen LogP contribution in [-0.2, 0) is 20.7 Å². The first-order chi connectivity index (χ1) is 17.0. The highest BCUT2D eigenvalue weighted by atomic mass is 16.5. The Kier molecular flexibility index (Phi) is 14.9. The molecule has 6 nitrogen and oxygen atoms in total. The molecule has 0 aromatic heterocycles. The van der Waals surface area contributed by atoms with Gasteiger partial charge in [-0.15, -0.1) is 0 Å². The number of benzene rings is 1. The Morgan fingerprint density at radius 2 is 1.64 bits per heavy atom. The van der Waals surface area contributed by atoms with Crippen molar-refractivity contribution in [1.82, 2.24) is 14.9 Å². The van der Waals surface area contributed by atoms with Crippen LogP contribution in [0, 0.1) is 18.3 Å². The lowest BCUT2D eigenvalue weighted by atomic mass is 9.93. The summed E-state index contributed by atoms with van der Waals surface area (Å²) >= 11 is 0. The zero-order valence-corrected chi connectivity index (χ0v) is 24.4. The minimum absolute atomic E-state index is 0.148. The van der Waals surface area contributed by atoms with Gasteiger partial charge in [-0.1, -0.05) is 70.4 Å². The van der Waals surface area contributed by atoms with E-state index in [0.717, 1.165) is 19.3 Å². The lowest BCUT2D eigenvalue weighted by Gasteiger charge is -2.33. The predicted octanol–water partition coefficient (Wildman–Crippen LogP) is 5.73. The summed E-state index contributed by atoms with van der Waals surface area (Å²) in [4.78, 5) is 27.4. The second kappa shape index (κ2) is 16.8. The molecule has 0 saturated heterocycles. The van der Waals surface area contributed by atoms with Crippen molar-refractivity contribution < 1.29 is 14.3 Å². The average Bonchev–Trinajstić information content (AvgIpc) is 2.83. The molecular formula is C30H53N3O3. The number of ether oxygens (including phenoxy) is 1. The molecule has 36 heavy (non-hydrogen) atoms. The fraction of sp³-hybridized carbons (Fsp3) is 0.733. The number of hydrogen-bond donors (Lipinski definition) is 0. The number of unbranched alkanes of at least 4 members (excludes halogenated alkanes) is 1. The topological polar surface area (TPSA) is 53.1 Å². The van der Waals surface area contributed by atoms with Crippen LogP contribution in [0.1, 0.15) is 84.8 Å². The van der Waals surface area contributed by atoms with E-state index in [4.69, 9.17) is 4.74 Å². The summed E-state index contributed by atoms with van der Waals surface area (Å²) in [7, 11) is 1.95. The summed E-state index contributed by atoms with van der Waals surface area (Å²) in [5, 5.41) is 3.81. The zero-order valence-electron chi connectivity index (χ0n) is 24.4. The van der Waals surface area contributed by atoms with E-state index in [2.05, 4.69) is 58.9 Å². The molecule has 0 spiro atoms. The average molecular weight is 504 g/mol. The minimum atomic E-state index is -0.148. The van der Waals surface area contributed by atoms with E-state index >= 15 is 0 Å². The Bertz CT molecular complexity index is 761. The Morgan fingerprint density at radius 1 is 0.972 bits per heavy atom. The van der Waals surface area contributed by atoms with Crippen LogP contribution >= 0.6 is 0 Å². The Morgan fingerprint density at radius 3 is 2.22 bits per heavy atom. The summed E-state index contributed by atoms with van der Waals surface area (Å²) < 4.78 is 6.02. The third-order valence-electron chi connectivity index (χ3n) is 6.58. The number of amides is 2. The molecule has 0 aliphatic rings. The van der Waals surface area contributed by atoms with Gasteiger partial charge in [0.2, 0.25) is 11.8 Å². The molecule has 0 radical (unpaired) electrons. The number of hydrazine groups is 1. The summed E-state index contributed by atoms with van der Waals surface area (Å²) in [6.07, 6.45) is 5.12. The highest BCUT2D eigenvalue weighted by Gasteiger charge is 2.25. The van der Waals surface area contributed by atoms with Gasteiger partial charge >= 0.3 is 0 Å². The third-order valence-corrected chi connectivity index (χ3v) is 6.58. The number of carbonyl (C=O) groups is 2. The normalized spacial score (nSPS) is 11.8. The van der Waals surface area contributed by atoms with Crippen LogP contribution < -0.4 is 0 Å². The van der Waals surface area contributed by atoms with Gasteiger partial charge in [-0.2, -0.15) is 0 Å². The van der Waals surface area contributed by atoms with Crippen molar-refractivity contribution in [2.75, 3.05) is 46.4 Å². The molecule has 0 atom stereocenters. The molecule has 1 aromatic rings. The van der Waals surface area contributed by atoms with E-state index in [1.54, 1.807) is 0 Å². The summed E-state index contributed by atoms with van der Waals surface area (Å²) in [5.74, 6) is 1.07. The van der Waals surface area contributed by atoms with Crippen molar-refractivity contribution in [2.24, 2.45) is 11.3 Å². The number of hydrogen-bond acceptors (Lipinski definition) is 4. The van der Waals surface area contributed by atoms with E-state index in [-0.39, 0.29) is 17.2 Å². The Hall–Kier alpha value is -1.92. The van der Waals surface area contributed by atoms with Crippen LogP contribution in [0.4, 0.5) is 0 Å². The number of aryl methyl sites for hydroxylation is 2. The number of nitrogens with zero attached hydrogens (tertiary/aromatic N) is 3. The van der Waals surface area contributed by atoms with E-state index in [1.807, 2.05) is 35.8 Å². The lowest BCUT2D eigenvalue weighted by Crippen LogP contribution is -2.46. The smallest absolute Gasteiger partial charge is 0.236 e. The molecule has 0 N–H and O–H groups in total. The monoisotopic (exact) mass is 503 g/mol. The molecule has 0 aliphatic heterocycles. The molecule has 206 valence electrons.